The average Bonchev–Trinajstić information content (AvgIpc) is 3.62. The van der Waals surface area contributed by atoms with Crippen LogP contribution in [-0.2, 0) is 6.54 Å². The van der Waals surface area contributed by atoms with Gasteiger partial charge in [0.25, 0.3) is 5.56 Å². The first-order valence-corrected chi connectivity index (χ1v) is 12.3. The summed E-state index contributed by atoms with van der Waals surface area (Å²) < 4.78 is 23.7. The summed E-state index contributed by atoms with van der Waals surface area (Å²) in [6.07, 6.45) is 0.679. The highest BCUT2D eigenvalue weighted by Gasteiger charge is 2.35. The number of thioether (sulfide) groups is 1. The van der Waals surface area contributed by atoms with Crippen LogP contribution < -0.4 is 29.8 Å². The van der Waals surface area contributed by atoms with Crippen molar-refractivity contribution in [1.29, 1.82) is 0 Å². The Hall–Kier alpha value is -3.37. The zero-order valence-electron chi connectivity index (χ0n) is 19.7. The maximum Gasteiger partial charge on any atom is 0.259 e. The number of carbonyl (C=O) groups excluding carboxylic acids is 1. The fourth-order valence-corrected chi connectivity index (χ4v) is 5.59. The van der Waals surface area contributed by atoms with Gasteiger partial charge in [-0.2, -0.15) is 0 Å². The number of carbonyl (C=O) groups is 1. The van der Waals surface area contributed by atoms with Crippen LogP contribution in [0.3, 0.4) is 0 Å². The first-order chi connectivity index (χ1) is 17.1. The quantitative estimate of drug-likeness (QED) is 0.379. The van der Waals surface area contributed by atoms with Gasteiger partial charge >= 0.3 is 0 Å². The van der Waals surface area contributed by atoms with Gasteiger partial charge in [-0.25, -0.2) is 0 Å². The molecule has 0 unspecified atom stereocenters. The van der Waals surface area contributed by atoms with E-state index < -0.39 is 0 Å². The predicted molar refractivity (Wildman–Crippen MR) is 141 cm³/mol. The van der Waals surface area contributed by atoms with Gasteiger partial charge in [-0.3, -0.25) is 14.6 Å². The largest absolute Gasteiger partial charge is 0.493 e. The number of aliphatic imine (C=N–C) groups is 1. The molecule has 9 nitrogen and oxygen atoms in total. The van der Waals surface area contributed by atoms with Crippen LogP contribution in [0.2, 0.25) is 0 Å². The van der Waals surface area contributed by atoms with Crippen LogP contribution >= 0.6 is 24.2 Å². The standard InChI is InChI=1S/C25H23N3O6S.ClH/c1-31-17-8-13-16(11-18(17)32-2)24(30)28(6-3-4-26-25-27-5-7-35-25)22-14-9-19-20(34-12-33-19)10-15(14)23(29)21(13)22;/h8-11H,3-7,12H2,1-2H3,(H,26,27);1H. The van der Waals surface area contributed by atoms with Crippen LogP contribution in [0.4, 0.5) is 0 Å². The lowest BCUT2D eigenvalue weighted by atomic mass is 10.0. The number of nitrogens with zero attached hydrogens (tertiary/aromatic N) is 2. The van der Waals surface area contributed by atoms with Gasteiger partial charge in [0.1, 0.15) is 0 Å². The predicted octanol–water partition coefficient (Wildman–Crippen LogP) is 3.46. The van der Waals surface area contributed by atoms with Crippen molar-refractivity contribution >= 4 is 45.9 Å². The van der Waals surface area contributed by atoms with E-state index in [9.17, 15) is 9.59 Å². The zero-order chi connectivity index (χ0) is 24.1. The lowest BCUT2D eigenvalue weighted by molar-refractivity contribution is 0.104. The Balaban J connectivity index is 0.00000267. The summed E-state index contributed by atoms with van der Waals surface area (Å²) in [7, 11) is 3.05. The second kappa shape index (κ2) is 9.59. The summed E-state index contributed by atoms with van der Waals surface area (Å²) in [6, 6.07) is 6.86. The van der Waals surface area contributed by atoms with Crippen molar-refractivity contribution in [2.24, 2.45) is 4.99 Å². The summed E-state index contributed by atoms with van der Waals surface area (Å²) in [6.45, 7) is 2.02. The molecule has 1 aromatic heterocycles. The van der Waals surface area contributed by atoms with Crippen LogP contribution in [0.1, 0.15) is 22.3 Å². The molecule has 11 heteroatoms. The SMILES string of the molecule is COc1cc2c3c(n(CCCNC4=NCCS4)c(=O)c2cc1OC)-c1cc2c(cc1C3=O)OCO2.Cl. The van der Waals surface area contributed by atoms with Crippen LogP contribution in [0, 0.1) is 0 Å². The van der Waals surface area contributed by atoms with Crippen molar-refractivity contribution in [1.82, 2.24) is 9.88 Å². The van der Waals surface area contributed by atoms with Gasteiger partial charge in [-0.15, -0.1) is 12.4 Å². The molecule has 188 valence electrons. The van der Waals surface area contributed by atoms with E-state index in [1.807, 2.05) is 0 Å². The topological polar surface area (TPSA) is 100 Å². The number of halogens is 1. The molecule has 0 fully saturated rings. The molecule has 3 aromatic rings. The Morgan fingerprint density at radius 3 is 2.39 bits per heavy atom. The van der Waals surface area contributed by atoms with E-state index in [1.54, 1.807) is 40.6 Å². The van der Waals surface area contributed by atoms with Crippen molar-refractivity contribution in [2.75, 3.05) is 39.9 Å². The van der Waals surface area contributed by atoms with E-state index >= 15 is 0 Å². The van der Waals surface area contributed by atoms with Gasteiger partial charge < -0.3 is 28.8 Å². The van der Waals surface area contributed by atoms with E-state index in [0.717, 1.165) is 17.5 Å². The molecule has 2 aromatic carbocycles. The van der Waals surface area contributed by atoms with Gasteiger partial charge in [0, 0.05) is 35.4 Å². The molecule has 0 amide bonds. The van der Waals surface area contributed by atoms with Crippen LogP contribution in [0.25, 0.3) is 22.0 Å². The molecule has 0 atom stereocenters. The number of benzene rings is 2. The normalized spacial score (nSPS) is 14.8. The molecule has 3 heterocycles. The molecule has 6 rings (SSSR count). The van der Waals surface area contributed by atoms with E-state index in [0.29, 0.717) is 75.7 Å². The molecule has 0 bridgehead atoms. The number of pyridine rings is 1. The molecule has 0 radical (unpaired) electrons. The number of ether oxygens (including phenoxy) is 4. The Morgan fingerprint density at radius 2 is 1.72 bits per heavy atom. The highest BCUT2D eigenvalue weighted by Crippen LogP contribution is 2.46. The molecule has 1 N–H and O–H groups in total. The van der Waals surface area contributed by atoms with Gasteiger partial charge in [0.05, 0.1) is 37.4 Å². The maximum absolute atomic E-state index is 13.8. The van der Waals surface area contributed by atoms with Crippen molar-refractivity contribution < 1.29 is 23.7 Å². The Bertz CT molecular complexity index is 1490. The lowest BCUT2D eigenvalue weighted by Crippen LogP contribution is -2.27. The minimum atomic E-state index is -0.189. The Labute approximate surface area is 217 Å². The fourth-order valence-electron chi connectivity index (χ4n) is 4.83. The Kier molecular flexibility index (Phi) is 6.48. The molecule has 36 heavy (non-hydrogen) atoms. The minimum Gasteiger partial charge on any atom is -0.493 e. The van der Waals surface area contributed by atoms with E-state index in [4.69, 9.17) is 18.9 Å². The van der Waals surface area contributed by atoms with E-state index in [1.165, 1.54) is 14.2 Å². The number of aromatic nitrogens is 1. The lowest BCUT2D eigenvalue weighted by Gasteiger charge is -2.17. The van der Waals surface area contributed by atoms with Crippen LogP contribution in [0.5, 0.6) is 23.0 Å². The monoisotopic (exact) mass is 529 g/mol. The number of ketones is 1. The third kappa shape index (κ3) is 3.75. The summed E-state index contributed by atoms with van der Waals surface area (Å²) in [5, 5.41) is 5.21. The third-order valence-corrected chi connectivity index (χ3v) is 7.37. The zero-order valence-corrected chi connectivity index (χ0v) is 21.3. The second-order valence-corrected chi connectivity index (χ2v) is 9.41. The van der Waals surface area contributed by atoms with E-state index in [2.05, 4.69) is 10.3 Å². The smallest absolute Gasteiger partial charge is 0.259 e. The number of fused-ring (bicyclic) bond motifs is 6. The number of amidine groups is 1. The molecular weight excluding hydrogens is 506 g/mol. The van der Waals surface area contributed by atoms with Gasteiger partial charge in [0.15, 0.2) is 33.9 Å². The number of nitrogens with one attached hydrogen (secondary N) is 1. The average molecular weight is 530 g/mol. The Morgan fingerprint density at radius 1 is 1.03 bits per heavy atom. The molecule has 0 spiro atoms. The minimum absolute atomic E-state index is 0. The number of hydrogen-bond acceptors (Lipinski definition) is 9. The summed E-state index contributed by atoms with van der Waals surface area (Å²) in [5.41, 5.74) is 2.05. The molecule has 2 aliphatic heterocycles. The molecule has 1 aliphatic carbocycles. The molecule has 0 saturated carbocycles. The highest BCUT2D eigenvalue weighted by atomic mass is 35.5. The molecule has 3 aliphatic rings. The summed E-state index contributed by atoms with van der Waals surface area (Å²) >= 11 is 1.70. The van der Waals surface area contributed by atoms with Crippen molar-refractivity contribution in [3.63, 3.8) is 0 Å². The van der Waals surface area contributed by atoms with Gasteiger partial charge in [-0.05, 0) is 30.7 Å². The highest BCUT2D eigenvalue weighted by molar-refractivity contribution is 8.14. The summed E-state index contributed by atoms with van der Waals surface area (Å²) in [5.74, 6) is 2.81. The van der Waals surface area contributed by atoms with Crippen LogP contribution in [-0.4, -0.2) is 55.4 Å². The first-order valence-electron chi connectivity index (χ1n) is 11.3. The molecule has 0 saturated heterocycles. The van der Waals surface area contributed by atoms with Crippen molar-refractivity contribution in [3.05, 3.63) is 45.7 Å². The number of methoxy groups -OCH3 is 2. The third-order valence-electron chi connectivity index (χ3n) is 6.44. The van der Waals surface area contributed by atoms with Crippen LogP contribution in [0.15, 0.2) is 34.1 Å². The number of hydrogen-bond donors (Lipinski definition) is 1. The molecular formula is C25H24ClN3O6S. The number of rotatable bonds is 6. The summed E-state index contributed by atoms with van der Waals surface area (Å²) in [4.78, 5) is 31.9. The van der Waals surface area contributed by atoms with E-state index in [-0.39, 0.29) is 30.5 Å². The fraction of sp³-hybridized carbons (Fsp3) is 0.320. The van der Waals surface area contributed by atoms with Crippen molar-refractivity contribution in [3.8, 4) is 34.3 Å². The van der Waals surface area contributed by atoms with Gasteiger partial charge in [-0.1, -0.05) is 11.8 Å². The van der Waals surface area contributed by atoms with Crippen molar-refractivity contribution in [2.45, 2.75) is 13.0 Å². The first kappa shape index (κ1) is 24.3. The second-order valence-electron chi connectivity index (χ2n) is 8.33. The van der Waals surface area contributed by atoms with Gasteiger partial charge in [0.2, 0.25) is 6.79 Å². The maximum atomic E-state index is 13.8.